The molecule has 5 rings (SSSR count). The van der Waals surface area contributed by atoms with Gasteiger partial charge in [-0.2, -0.15) is 5.26 Å². The van der Waals surface area contributed by atoms with Crippen LogP contribution in [0.15, 0.2) is 54.9 Å². The number of nitrogen functional groups attached to an aromatic ring is 1. The molecule has 0 aliphatic carbocycles. The number of aryl methyl sites for hydroxylation is 1. The number of carbonyl (C=O) groups excluding carboxylic acids is 1. The van der Waals surface area contributed by atoms with Gasteiger partial charge in [-0.3, -0.25) is 4.79 Å². The molecule has 1 aliphatic rings. The summed E-state index contributed by atoms with van der Waals surface area (Å²) in [7, 11) is 0. The smallest absolute Gasteiger partial charge is 0.274 e. The summed E-state index contributed by atoms with van der Waals surface area (Å²) in [6.07, 6.45) is 8.29. The van der Waals surface area contributed by atoms with Crippen molar-refractivity contribution in [2.75, 3.05) is 17.6 Å². The molecular formula is C32H33F2N9O. The van der Waals surface area contributed by atoms with Crippen LogP contribution in [0.3, 0.4) is 0 Å². The van der Waals surface area contributed by atoms with Gasteiger partial charge in [0.15, 0.2) is 28.8 Å². The average molecular weight is 598 g/mol. The Morgan fingerprint density at radius 1 is 1.11 bits per heavy atom. The number of carbonyl (C=O) groups is 1. The molecule has 1 unspecified atom stereocenters. The van der Waals surface area contributed by atoms with E-state index in [1.165, 1.54) is 31.5 Å². The molecule has 5 N–H and O–H groups in total. The number of nitriles is 1. The van der Waals surface area contributed by atoms with Gasteiger partial charge in [-0.25, -0.2) is 28.7 Å². The Kier molecular flexibility index (Phi) is 9.66. The largest absolute Gasteiger partial charge is 0.382 e. The molecule has 3 heterocycles. The molecule has 0 saturated carbocycles. The van der Waals surface area contributed by atoms with Crippen molar-refractivity contribution in [1.82, 2.24) is 30.6 Å². The lowest BCUT2D eigenvalue weighted by Crippen LogP contribution is -2.34. The van der Waals surface area contributed by atoms with Crippen LogP contribution in [0.5, 0.6) is 0 Å². The fraction of sp³-hybridized carbons (Fsp3) is 0.312. The number of nitrogens with one attached hydrogen (secondary N) is 3. The number of piperidine rings is 1. The van der Waals surface area contributed by atoms with Gasteiger partial charge in [-0.1, -0.05) is 36.8 Å². The molecule has 1 aliphatic heterocycles. The summed E-state index contributed by atoms with van der Waals surface area (Å²) in [5, 5.41) is 18.7. The summed E-state index contributed by atoms with van der Waals surface area (Å²) in [5.41, 5.74) is 9.69. The maximum absolute atomic E-state index is 13.7. The maximum atomic E-state index is 13.7. The Morgan fingerprint density at radius 2 is 1.93 bits per heavy atom. The number of hydrogen-bond acceptors (Lipinski definition) is 9. The number of hydrogen-bond donors (Lipinski definition) is 4. The Morgan fingerprint density at radius 3 is 2.66 bits per heavy atom. The quantitative estimate of drug-likeness (QED) is 0.201. The topological polar surface area (TPSA) is 155 Å². The van der Waals surface area contributed by atoms with Crippen LogP contribution >= 0.6 is 0 Å². The highest BCUT2D eigenvalue weighted by Gasteiger charge is 2.20. The minimum absolute atomic E-state index is 0.0375. The molecule has 2 aromatic heterocycles. The third-order valence-electron chi connectivity index (χ3n) is 7.62. The van der Waals surface area contributed by atoms with E-state index in [2.05, 4.69) is 30.9 Å². The van der Waals surface area contributed by atoms with E-state index in [4.69, 9.17) is 10.7 Å². The van der Waals surface area contributed by atoms with Crippen molar-refractivity contribution >= 4 is 17.5 Å². The Bertz CT molecular complexity index is 1670. The SMILES string of the molecule is C[C@H](NC(=O)c1nc(C#N)cnc1NCc1ccc(-c2cnc(N)c(CCC3CCCCN3)n2)cc1)c1ccc(F)c(F)c1. The number of nitrogens with zero attached hydrogens (tertiary/aromatic N) is 5. The zero-order valence-corrected chi connectivity index (χ0v) is 24.3. The number of benzene rings is 2. The van der Waals surface area contributed by atoms with Crippen molar-refractivity contribution in [2.45, 2.75) is 57.7 Å². The third-order valence-corrected chi connectivity index (χ3v) is 7.62. The van der Waals surface area contributed by atoms with Crippen molar-refractivity contribution < 1.29 is 13.6 Å². The van der Waals surface area contributed by atoms with Crippen LogP contribution in [-0.2, 0) is 13.0 Å². The van der Waals surface area contributed by atoms with Crippen molar-refractivity contribution in [2.24, 2.45) is 0 Å². The number of amides is 1. The number of nitrogens with two attached hydrogens (primary N) is 1. The van der Waals surface area contributed by atoms with Gasteiger partial charge in [0.1, 0.15) is 11.9 Å². The lowest BCUT2D eigenvalue weighted by Gasteiger charge is -2.23. The first kappa shape index (κ1) is 30.4. The molecule has 0 spiro atoms. The van der Waals surface area contributed by atoms with E-state index in [9.17, 15) is 18.8 Å². The highest BCUT2D eigenvalue weighted by Crippen LogP contribution is 2.22. The van der Waals surface area contributed by atoms with E-state index in [-0.39, 0.29) is 17.2 Å². The maximum Gasteiger partial charge on any atom is 0.274 e. The second-order valence-corrected chi connectivity index (χ2v) is 10.8. The summed E-state index contributed by atoms with van der Waals surface area (Å²) in [6.45, 7) is 2.99. The van der Waals surface area contributed by atoms with Gasteiger partial charge in [0.2, 0.25) is 0 Å². The van der Waals surface area contributed by atoms with Gasteiger partial charge in [-0.15, -0.1) is 0 Å². The highest BCUT2D eigenvalue weighted by atomic mass is 19.2. The summed E-state index contributed by atoms with van der Waals surface area (Å²) in [4.78, 5) is 30.6. The van der Waals surface area contributed by atoms with E-state index in [0.717, 1.165) is 54.0 Å². The monoisotopic (exact) mass is 597 g/mol. The summed E-state index contributed by atoms with van der Waals surface area (Å²) in [5.74, 6) is -1.99. The summed E-state index contributed by atoms with van der Waals surface area (Å²) < 4.78 is 27.1. The molecular weight excluding hydrogens is 564 g/mol. The van der Waals surface area contributed by atoms with E-state index in [1.54, 1.807) is 13.1 Å². The van der Waals surface area contributed by atoms with Gasteiger partial charge >= 0.3 is 0 Å². The van der Waals surface area contributed by atoms with Crippen LogP contribution < -0.4 is 21.7 Å². The fourth-order valence-electron chi connectivity index (χ4n) is 5.08. The molecule has 2 atom stereocenters. The van der Waals surface area contributed by atoms with Gasteiger partial charge in [-0.05, 0) is 62.4 Å². The molecule has 12 heteroatoms. The molecule has 226 valence electrons. The Labute approximate surface area is 254 Å². The van der Waals surface area contributed by atoms with Crippen molar-refractivity contribution in [1.29, 1.82) is 5.26 Å². The van der Waals surface area contributed by atoms with E-state index >= 15 is 0 Å². The number of aromatic nitrogens is 4. The lowest BCUT2D eigenvalue weighted by molar-refractivity contribution is 0.0935. The third kappa shape index (κ3) is 7.48. The second-order valence-electron chi connectivity index (χ2n) is 10.8. The molecule has 0 radical (unpaired) electrons. The predicted octanol–water partition coefficient (Wildman–Crippen LogP) is 4.84. The van der Waals surface area contributed by atoms with Crippen LogP contribution in [-0.4, -0.2) is 38.4 Å². The summed E-state index contributed by atoms with van der Waals surface area (Å²) in [6, 6.07) is 12.8. The van der Waals surface area contributed by atoms with Crippen LogP contribution in [0.25, 0.3) is 11.3 Å². The first-order valence-corrected chi connectivity index (χ1v) is 14.5. The molecule has 4 aromatic rings. The molecule has 44 heavy (non-hydrogen) atoms. The number of halogens is 2. The molecule has 10 nitrogen and oxygen atoms in total. The minimum atomic E-state index is -1.01. The normalized spacial score (nSPS) is 15.3. The first-order valence-electron chi connectivity index (χ1n) is 14.5. The molecule has 2 aromatic carbocycles. The van der Waals surface area contributed by atoms with Crippen LogP contribution in [0.4, 0.5) is 20.4 Å². The summed E-state index contributed by atoms with van der Waals surface area (Å²) >= 11 is 0. The van der Waals surface area contributed by atoms with E-state index in [1.807, 2.05) is 30.3 Å². The van der Waals surface area contributed by atoms with Crippen molar-refractivity contribution in [3.63, 3.8) is 0 Å². The molecule has 1 amide bonds. The average Bonchev–Trinajstić information content (AvgIpc) is 3.05. The van der Waals surface area contributed by atoms with Crippen LogP contribution in [0, 0.1) is 23.0 Å². The number of rotatable bonds is 10. The standard InChI is InChI=1S/C32H33F2N9O/c1-19(22-9-11-25(33)26(34)14-22)41-32(44)29-31(40-17-24(15-35)42-29)39-16-20-5-7-21(8-6-20)28-18-38-30(36)27(43-28)12-10-23-4-2-3-13-37-23/h5-9,11,14,17-19,23,37H,2-4,10,12-13,16H2,1H3,(H2,36,38)(H,39,40)(H,41,44)/t19-,23?/m0/s1. The van der Waals surface area contributed by atoms with Gasteiger partial charge in [0, 0.05) is 18.2 Å². The zero-order chi connectivity index (χ0) is 31.1. The van der Waals surface area contributed by atoms with Crippen molar-refractivity contribution in [3.05, 3.63) is 94.7 Å². The second kappa shape index (κ2) is 14.0. The molecule has 1 fully saturated rings. The number of anilines is 2. The van der Waals surface area contributed by atoms with Gasteiger partial charge < -0.3 is 21.7 Å². The van der Waals surface area contributed by atoms with Crippen molar-refractivity contribution in [3.8, 4) is 17.3 Å². The minimum Gasteiger partial charge on any atom is -0.382 e. The molecule has 0 bridgehead atoms. The van der Waals surface area contributed by atoms with Crippen LogP contribution in [0.1, 0.15) is 71.7 Å². The van der Waals surface area contributed by atoms with Gasteiger partial charge in [0.05, 0.1) is 29.8 Å². The predicted molar refractivity (Wildman–Crippen MR) is 162 cm³/mol. The first-order chi connectivity index (χ1) is 21.3. The molecule has 1 saturated heterocycles. The van der Waals surface area contributed by atoms with E-state index in [0.29, 0.717) is 24.0 Å². The zero-order valence-electron chi connectivity index (χ0n) is 24.3. The highest BCUT2D eigenvalue weighted by molar-refractivity contribution is 5.97. The van der Waals surface area contributed by atoms with Crippen LogP contribution in [0.2, 0.25) is 0 Å². The van der Waals surface area contributed by atoms with Gasteiger partial charge in [0.25, 0.3) is 5.91 Å². The Hall–Kier alpha value is -5.02. The fourth-order valence-corrected chi connectivity index (χ4v) is 5.08. The lowest BCUT2D eigenvalue weighted by atomic mass is 9.99. The Balaban J connectivity index is 1.25. The van der Waals surface area contributed by atoms with E-state index < -0.39 is 23.6 Å².